The molecule has 1 aliphatic rings. The molecule has 1 saturated heterocycles. The van der Waals surface area contributed by atoms with Gasteiger partial charge < -0.3 is 9.64 Å². The first-order chi connectivity index (χ1) is 8.09. The largest absolute Gasteiger partial charge is 0.378 e. The van der Waals surface area contributed by atoms with Gasteiger partial charge in [-0.15, -0.1) is 0 Å². The zero-order valence-electron chi connectivity index (χ0n) is 10.1. The Bertz CT molecular complexity index is 416. The molecule has 1 aromatic carbocycles. The SMILES string of the molecule is Cc1cc([N+](=O)[O-])cc(C)c1N1CCOCC1. The summed E-state index contributed by atoms with van der Waals surface area (Å²) in [5.74, 6) is 0. The van der Waals surface area contributed by atoms with Crippen molar-refractivity contribution < 1.29 is 9.66 Å². The molecule has 0 spiro atoms. The van der Waals surface area contributed by atoms with E-state index in [9.17, 15) is 10.1 Å². The Balaban J connectivity index is 2.37. The second-order valence-corrected chi connectivity index (χ2v) is 4.28. The highest BCUT2D eigenvalue weighted by molar-refractivity contribution is 5.63. The zero-order valence-corrected chi connectivity index (χ0v) is 10.1. The highest BCUT2D eigenvalue weighted by Crippen LogP contribution is 2.29. The topological polar surface area (TPSA) is 55.6 Å². The van der Waals surface area contributed by atoms with Gasteiger partial charge in [0.15, 0.2) is 0 Å². The summed E-state index contributed by atoms with van der Waals surface area (Å²) in [6.45, 7) is 6.97. The lowest BCUT2D eigenvalue weighted by molar-refractivity contribution is -0.384. The molecule has 0 unspecified atom stereocenters. The number of rotatable bonds is 2. The third-order valence-corrected chi connectivity index (χ3v) is 3.01. The summed E-state index contributed by atoms with van der Waals surface area (Å²) in [4.78, 5) is 12.7. The molecular formula is C12H16N2O3. The van der Waals surface area contributed by atoms with Gasteiger partial charge in [0.1, 0.15) is 0 Å². The van der Waals surface area contributed by atoms with Crippen LogP contribution in [0, 0.1) is 24.0 Å². The minimum absolute atomic E-state index is 0.164. The van der Waals surface area contributed by atoms with Gasteiger partial charge in [0.25, 0.3) is 5.69 Å². The van der Waals surface area contributed by atoms with E-state index in [2.05, 4.69) is 4.90 Å². The van der Waals surface area contributed by atoms with Crippen molar-refractivity contribution >= 4 is 11.4 Å². The first-order valence-electron chi connectivity index (χ1n) is 5.68. The molecule has 1 aliphatic heterocycles. The van der Waals surface area contributed by atoms with E-state index in [1.807, 2.05) is 13.8 Å². The molecule has 0 saturated carbocycles. The molecule has 0 aliphatic carbocycles. The van der Waals surface area contributed by atoms with Gasteiger partial charge in [-0.2, -0.15) is 0 Å². The second kappa shape index (κ2) is 4.71. The fraction of sp³-hybridized carbons (Fsp3) is 0.500. The maximum Gasteiger partial charge on any atom is 0.270 e. The van der Waals surface area contributed by atoms with Crippen LogP contribution in [0.25, 0.3) is 0 Å². The van der Waals surface area contributed by atoms with Crippen LogP contribution in [0.3, 0.4) is 0 Å². The Kier molecular flexibility index (Phi) is 3.28. The molecule has 0 bridgehead atoms. The van der Waals surface area contributed by atoms with Gasteiger partial charge >= 0.3 is 0 Å². The van der Waals surface area contributed by atoms with Gasteiger partial charge in [-0.25, -0.2) is 0 Å². The lowest BCUT2D eigenvalue weighted by Gasteiger charge is -2.31. The Morgan fingerprint density at radius 3 is 2.24 bits per heavy atom. The standard InChI is InChI=1S/C12H16N2O3/c1-9-7-11(14(15)16)8-10(2)12(9)13-3-5-17-6-4-13/h7-8H,3-6H2,1-2H3. The monoisotopic (exact) mass is 236 g/mol. The first kappa shape index (κ1) is 11.9. The van der Waals surface area contributed by atoms with Gasteiger partial charge in [-0.1, -0.05) is 0 Å². The molecule has 0 atom stereocenters. The highest BCUT2D eigenvalue weighted by Gasteiger charge is 2.18. The van der Waals surface area contributed by atoms with Crippen molar-refractivity contribution in [1.82, 2.24) is 0 Å². The van der Waals surface area contributed by atoms with Crippen molar-refractivity contribution in [3.63, 3.8) is 0 Å². The number of anilines is 1. The third kappa shape index (κ3) is 2.39. The van der Waals surface area contributed by atoms with E-state index in [1.165, 1.54) is 0 Å². The Morgan fingerprint density at radius 1 is 1.24 bits per heavy atom. The molecule has 0 radical (unpaired) electrons. The lowest BCUT2D eigenvalue weighted by Crippen LogP contribution is -2.37. The van der Waals surface area contributed by atoms with Crippen LogP contribution in [0.4, 0.5) is 11.4 Å². The number of ether oxygens (including phenoxy) is 1. The minimum Gasteiger partial charge on any atom is -0.378 e. The summed E-state index contributed by atoms with van der Waals surface area (Å²) in [5, 5.41) is 10.8. The molecule has 0 aromatic heterocycles. The number of benzene rings is 1. The van der Waals surface area contributed by atoms with E-state index in [-0.39, 0.29) is 10.6 Å². The molecule has 17 heavy (non-hydrogen) atoms. The predicted octanol–water partition coefficient (Wildman–Crippen LogP) is 2.05. The highest BCUT2D eigenvalue weighted by atomic mass is 16.6. The number of nitro groups is 1. The first-order valence-corrected chi connectivity index (χ1v) is 5.68. The van der Waals surface area contributed by atoms with Crippen LogP contribution < -0.4 is 4.90 Å². The lowest BCUT2D eigenvalue weighted by atomic mass is 10.1. The maximum absolute atomic E-state index is 10.8. The molecule has 1 fully saturated rings. The van der Waals surface area contributed by atoms with Crippen molar-refractivity contribution in [3.8, 4) is 0 Å². The summed E-state index contributed by atoms with van der Waals surface area (Å²) in [7, 11) is 0. The van der Waals surface area contributed by atoms with Crippen LogP contribution in [0.5, 0.6) is 0 Å². The number of hydrogen-bond acceptors (Lipinski definition) is 4. The van der Waals surface area contributed by atoms with Crippen LogP contribution in [0.2, 0.25) is 0 Å². The fourth-order valence-electron chi connectivity index (χ4n) is 2.32. The van der Waals surface area contributed by atoms with Gasteiger partial charge in [-0.3, -0.25) is 10.1 Å². The normalized spacial score (nSPS) is 16.0. The maximum atomic E-state index is 10.8. The van der Waals surface area contributed by atoms with Crippen molar-refractivity contribution in [2.24, 2.45) is 0 Å². The summed E-state index contributed by atoms with van der Waals surface area (Å²) in [5.41, 5.74) is 3.19. The average molecular weight is 236 g/mol. The number of nitro benzene ring substituents is 1. The molecule has 5 heteroatoms. The molecule has 1 heterocycles. The Hall–Kier alpha value is -1.62. The van der Waals surface area contributed by atoms with E-state index >= 15 is 0 Å². The van der Waals surface area contributed by atoms with Gasteiger partial charge in [0.05, 0.1) is 18.1 Å². The van der Waals surface area contributed by atoms with Crippen LogP contribution in [-0.2, 0) is 4.74 Å². The number of hydrogen-bond donors (Lipinski definition) is 0. The van der Waals surface area contributed by atoms with Crippen LogP contribution >= 0.6 is 0 Å². The van der Waals surface area contributed by atoms with E-state index in [0.29, 0.717) is 0 Å². The molecule has 0 amide bonds. The number of nitrogens with zero attached hydrogens (tertiary/aromatic N) is 2. The van der Waals surface area contributed by atoms with Crippen LogP contribution in [0.15, 0.2) is 12.1 Å². The average Bonchev–Trinajstić information content (AvgIpc) is 2.29. The van der Waals surface area contributed by atoms with Gasteiger partial charge in [0, 0.05) is 30.9 Å². The van der Waals surface area contributed by atoms with Crippen molar-refractivity contribution in [2.75, 3.05) is 31.2 Å². The van der Waals surface area contributed by atoms with Gasteiger partial charge in [0.2, 0.25) is 0 Å². The third-order valence-electron chi connectivity index (χ3n) is 3.01. The quantitative estimate of drug-likeness (QED) is 0.582. The summed E-state index contributed by atoms with van der Waals surface area (Å²) in [6.07, 6.45) is 0. The van der Waals surface area contributed by atoms with Gasteiger partial charge in [-0.05, 0) is 25.0 Å². The van der Waals surface area contributed by atoms with Crippen molar-refractivity contribution in [3.05, 3.63) is 33.4 Å². The molecular weight excluding hydrogens is 220 g/mol. The number of non-ortho nitro benzene ring substituents is 1. The molecule has 5 nitrogen and oxygen atoms in total. The summed E-state index contributed by atoms with van der Waals surface area (Å²) < 4.78 is 5.31. The van der Waals surface area contributed by atoms with Crippen molar-refractivity contribution in [2.45, 2.75) is 13.8 Å². The summed E-state index contributed by atoms with van der Waals surface area (Å²) >= 11 is 0. The minimum atomic E-state index is -0.344. The number of morpholine rings is 1. The van der Waals surface area contributed by atoms with E-state index in [4.69, 9.17) is 4.74 Å². The number of aryl methyl sites for hydroxylation is 2. The zero-order chi connectivity index (χ0) is 12.4. The smallest absolute Gasteiger partial charge is 0.270 e. The Labute approximate surface area is 100 Å². The van der Waals surface area contributed by atoms with Crippen LogP contribution in [-0.4, -0.2) is 31.2 Å². The second-order valence-electron chi connectivity index (χ2n) is 4.28. The molecule has 2 rings (SSSR count). The van der Waals surface area contributed by atoms with E-state index < -0.39 is 0 Å². The fourth-order valence-corrected chi connectivity index (χ4v) is 2.32. The summed E-state index contributed by atoms with van der Waals surface area (Å²) in [6, 6.07) is 3.27. The molecule has 92 valence electrons. The van der Waals surface area contributed by atoms with Crippen molar-refractivity contribution in [1.29, 1.82) is 0 Å². The van der Waals surface area contributed by atoms with E-state index in [0.717, 1.165) is 43.1 Å². The Morgan fingerprint density at radius 2 is 1.76 bits per heavy atom. The predicted molar refractivity (Wildman–Crippen MR) is 65.6 cm³/mol. The van der Waals surface area contributed by atoms with Crippen LogP contribution in [0.1, 0.15) is 11.1 Å². The molecule has 1 aromatic rings. The molecule has 0 N–H and O–H groups in total. The van der Waals surface area contributed by atoms with E-state index in [1.54, 1.807) is 12.1 Å².